The molecular weight excluding hydrogens is 445 g/mol. The molecule has 7 nitrogen and oxygen atoms in total. The Balaban J connectivity index is 0.00000450. The van der Waals surface area contributed by atoms with Gasteiger partial charge >= 0.3 is 15.6 Å². The molecule has 0 radical (unpaired) electrons. The molecule has 0 aliphatic rings. The molecule has 166 valence electrons. The molecular formula is C18H21F3N2O5S2. The summed E-state index contributed by atoms with van der Waals surface area (Å²) in [6, 6.07) is 7.30. The molecule has 0 spiro atoms. The Morgan fingerprint density at radius 3 is 2.30 bits per heavy atom. The fourth-order valence-electron chi connectivity index (χ4n) is 2.16. The number of sulfonamides is 1. The molecule has 0 aliphatic carbocycles. The highest BCUT2D eigenvalue weighted by Crippen LogP contribution is 2.27. The lowest BCUT2D eigenvalue weighted by molar-refractivity contribution is -0.0500. The van der Waals surface area contributed by atoms with Gasteiger partial charge in [0.2, 0.25) is 10.0 Å². The number of hydrogen-bond donors (Lipinski definition) is 1. The van der Waals surface area contributed by atoms with E-state index in [-0.39, 0.29) is 13.2 Å². The lowest BCUT2D eigenvalue weighted by atomic mass is 10.1. The van der Waals surface area contributed by atoms with Crippen LogP contribution in [0.4, 0.5) is 13.2 Å². The van der Waals surface area contributed by atoms with Gasteiger partial charge in [-0.1, -0.05) is 37.8 Å². The molecule has 0 saturated carbocycles. The Hall–Kier alpha value is -2.44. The van der Waals surface area contributed by atoms with Crippen LogP contribution < -0.4 is 8.91 Å². The van der Waals surface area contributed by atoms with Gasteiger partial charge < -0.3 is 4.18 Å². The first kappa shape index (κ1) is 25.6. The van der Waals surface area contributed by atoms with E-state index in [9.17, 15) is 30.0 Å². The zero-order chi connectivity index (χ0) is 21.7. The normalized spacial score (nSPS) is 13.6. The summed E-state index contributed by atoms with van der Waals surface area (Å²) in [5, 5.41) is 0. The largest absolute Gasteiger partial charge is 0.534 e. The number of alkyl halides is 3. The maximum absolute atomic E-state index is 12.3. The van der Waals surface area contributed by atoms with Gasteiger partial charge in [-0.05, 0) is 36.2 Å². The Kier molecular flexibility index (Phi) is 8.57. The molecule has 0 fully saturated rings. The number of hydrogen-bond acceptors (Lipinski definition) is 6. The number of aromatic nitrogens is 1. The minimum atomic E-state index is -5.77. The molecule has 1 aromatic heterocycles. The lowest BCUT2D eigenvalue weighted by Crippen LogP contribution is -2.29. The van der Waals surface area contributed by atoms with E-state index < -0.39 is 37.4 Å². The summed E-state index contributed by atoms with van der Waals surface area (Å²) in [6.45, 7) is 1.53. The number of nitrogens with one attached hydrogen (secondary N) is 1. The number of pyridine rings is 1. The summed E-state index contributed by atoms with van der Waals surface area (Å²) >= 11 is 0. The molecule has 0 amide bonds. The first-order valence-corrected chi connectivity index (χ1v) is 11.1. The van der Waals surface area contributed by atoms with Crippen molar-refractivity contribution < 1.29 is 34.2 Å². The Morgan fingerprint density at radius 1 is 1.13 bits per heavy atom. The fraction of sp³-hybridized carbons (Fsp3) is 0.278. The van der Waals surface area contributed by atoms with E-state index in [0.29, 0.717) is 5.56 Å². The molecule has 2 aromatic rings. The van der Waals surface area contributed by atoms with Crippen LogP contribution in [0.15, 0.2) is 54.9 Å². The van der Waals surface area contributed by atoms with Crippen LogP contribution in [0.2, 0.25) is 0 Å². The molecule has 1 atom stereocenters. The van der Waals surface area contributed by atoms with E-state index >= 15 is 0 Å². The van der Waals surface area contributed by atoms with E-state index in [1.54, 1.807) is 30.6 Å². The number of rotatable bonds is 8. The predicted octanol–water partition coefficient (Wildman–Crippen LogP) is 3.64. The van der Waals surface area contributed by atoms with Crippen LogP contribution in [0, 0.1) is 0 Å². The summed E-state index contributed by atoms with van der Waals surface area (Å²) in [4.78, 5) is 3.90. The summed E-state index contributed by atoms with van der Waals surface area (Å²) in [7, 11) is -9.46. The average Bonchev–Trinajstić information content (AvgIpc) is 2.61. The van der Waals surface area contributed by atoms with Crippen LogP contribution in [-0.2, 0) is 20.1 Å². The number of benzene rings is 1. The summed E-state index contributed by atoms with van der Waals surface area (Å²) in [5.41, 5.74) is -4.40. The third-order valence-corrected chi connectivity index (χ3v) is 5.86. The van der Waals surface area contributed by atoms with E-state index in [2.05, 4.69) is 13.9 Å². The molecule has 30 heavy (non-hydrogen) atoms. The van der Waals surface area contributed by atoms with Crippen LogP contribution in [0.3, 0.4) is 0 Å². The Morgan fingerprint density at radius 2 is 1.77 bits per heavy atom. The van der Waals surface area contributed by atoms with Gasteiger partial charge in [0.25, 0.3) is 0 Å². The standard InChI is InChI=1S/C17H17F3N2O5S2.CH4/c1-13(22-28(23,24)11-3-5-14-4-2-10-21-12-14)15-6-8-16(9-7-15)27-29(25,26)17(18,19)20;/h2-10,12-13,22H,11H2,1H3;1H4. The average molecular weight is 467 g/mol. The SMILES string of the molecule is C.CC(NS(=O)(=O)CC=Cc1cccnc1)c1ccc(OS(=O)(=O)C(F)(F)F)cc1. The summed E-state index contributed by atoms with van der Waals surface area (Å²) in [5.74, 6) is -0.836. The maximum Gasteiger partial charge on any atom is 0.534 e. The van der Waals surface area contributed by atoms with Crippen LogP contribution >= 0.6 is 0 Å². The molecule has 1 aromatic carbocycles. The van der Waals surface area contributed by atoms with Gasteiger partial charge in [-0.2, -0.15) is 21.6 Å². The van der Waals surface area contributed by atoms with E-state index in [1.807, 2.05) is 0 Å². The Labute approximate surface area is 173 Å². The molecule has 0 bridgehead atoms. The summed E-state index contributed by atoms with van der Waals surface area (Å²) in [6.07, 6.45) is 6.21. The van der Waals surface area contributed by atoms with Crippen molar-refractivity contribution in [2.75, 3.05) is 5.75 Å². The molecule has 1 heterocycles. The second kappa shape index (κ2) is 10.0. The van der Waals surface area contributed by atoms with Crippen molar-refractivity contribution in [1.29, 1.82) is 0 Å². The predicted molar refractivity (Wildman–Crippen MR) is 107 cm³/mol. The number of halogens is 3. The molecule has 12 heteroatoms. The van der Waals surface area contributed by atoms with Crippen molar-refractivity contribution >= 4 is 26.2 Å². The monoisotopic (exact) mass is 466 g/mol. The number of nitrogens with zero attached hydrogens (tertiary/aromatic N) is 1. The van der Waals surface area contributed by atoms with Crippen molar-refractivity contribution in [3.8, 4) is 5.75 Å². The third-order valence-electron chi connectivity index (χ3n) is 3.54. The van der Waals surface area contributed by atoms with Crippen molar-refractivity contribution in [2.45, 2.75) is 25.9 Å². The zero-order valence-electron chi connectivity index (χ0n) is 15.0. The molecule has 1 unspecified atom stereocenters. The van der Waals surface area contributed by atoms with Crippen LogP contribution in [0.5, 0.6) is 5.75 Å². The van der Waals surface area contributed by atoms with E-state index in [1.165, 1.54) is 25.1 Å². The lowest BCUT2D eigenvalue weighted by Gasteiger charge is -2.15. The van der Waals surface area contributed by atoms with Crippen molar-refractivity contribution in [2.24, 2.45) is 0 Å². The van der Waals surface area contributed by atoms with Crippen molar-refractivity contribution in [3.05, 3.63) is 66.0 Å². The van der Waals surface area contributed by atoms with E-state index in [4.69, 9.17) is 0 Å². The van der Waals surface area contributed by atoms with Gasteiger partial charge in [-0.3, -0.25) is 4.98 Å². The zero-order valence-corrected chi connectivity index (χ0v) is 16.6. The van der Waals surface area contributed by atoms with Gasteiger partial charge in [0.1, 0.15) is 5.75 Å². The van der Waals surface area contributed by atoms with Gasteiger partial charge in [0, 0.05) is 18.4 Å². The van der Waals surface area contributed by atoms with Gasteiger partial charge in [0.15, 0.2) is 0 Å². The first-order chi connectivity index (χ1) is 13.4. The van der Waals surface area contributed by atoms with Crippen molar-refractivity contribution in [1.82, 2.24) is 9.71 Å². The maximum atomic E-state index is 12.3. The smallest absolute Gasteiger partial charge is 0.376 e. The van der Waals surface area contributed by atoms with Crippen LogP contribution in [0.25, 0.3) is 6.08 Å². The Bertz CT molecular complexity index is 1050. The third kappa shape index (κ3) is 7.43. The second-order valence-electron chi connectivity index (χ2n) is 5.86. The highest BCUT2D eigenvalue weighted by Gasteiger charge is 2.48. The van der Waals surface area contributed by atoms with Gasteiger partial charge in [-0.15, -0.1) is 0 Å². The summed E-state index contributed by atoms with van der Waals surface area (Å²) < 4.78 is 89.7. The van der Waals surface area contributed by atoms with E-state index in [0.717, 1.165) is 17.7 Å². The molecule has 1 N–H and O–H groups in total. The molecule has 0 saturated heterocycles. The second-order valence-corrected chi connectivity index (χ2v) is 9.20. The first-order valence-electron chi connectivity index (χ1n) is 8.07. The van der Waals surface area contributed by atoms with Crippen molar-refractivity contribution in [3.63, 3.8) is 0 Å². The van der Waals surface area contributed by atoms with Crippen LogP contribution in [-0.4, -0.2) is 33.1 Å². The van der Waals surface area contributed by atoms with Crippen LogP contribution in [0.1, 0.15) is 31.5 Å². The minimum Gasteiger partial charge on any atom is -0.376 e. The minimum absolute atomic E-state index is 0. The molecule has 0 aliphatic heterocycles. The fourth-order valence-corrected chi connectivity index (χ4v) is 3.74. The highest BCUT2D eigenvalue weighted by molar-refractivity contribution is 7.89. The van der Waals surface area contributed by atoms with Gasteiger partial charge in [0.05, 0.1) is 5.75 Å². The quantitative estimate of drug-likeness (QED) is 0.471. The van der Waals surface area contributed by atoms with Gasteiger partial charge in [-0.25, -0.2) is 13.1 Å². The molecule has 2 rings (SSSR count). The topological polar surface area (TPSA) is 102 Å². The highest BCUT2D eigenvalue weighted by atomic mass is 32.2.